The van der Waals surface area contributed by atoms with Gasteiger partial charge in [0.25, 0.3) is 0 Å². The maximum absolute atomic E-state index is 12.1. The van der Waals surface area contributed by atoms with Crippen LogP contribution in [0.5, 0.6) is 0 Å². The molecule has 0 atom stereocenters. The molecular formula is C17H19ClN2O4S. The average molecular weight is 383 g/mol. The maximum Gasteiger partial charge on any atom is 0.333 e. The molecule has 0 spiro atoms. The lowest BCUT2D eigenvalue weighted by atomic mass is 10.1. The first-order valence-corrected chi connectivity index (χ1v) is 9.18. The van der Waals surface area contributed by atoms with Gasteiger partial charge in [0.05, 0.1) is 23.5 Å². The van der Waals surface area contributed by atoms with E-state index in [1.807, 2.05) is 12.1 Å². The van der Waals surface area contributed by atoms with Crippen molar-refractivity contribution in [3.63, 3.8) is 0 Å². The van der Waals surface area contributed by atoms with Crippen LogP contribution in [0.4, 0.5) is 0 Å². The van der Waals surface area contributed by atoms with E-state index in [0.717, 1.165) is 5.56 Å². The fourth-order valence-corrected chi connectivity index (χ4v) is 3.24. The van der Waals surface area contributed by atoms with Crippen LogP contribution >= 0.6 is 23.4 Å². The van der Waals surface area contributed by atoms with E-state index >= 15 is 0 Å². The Kier molecular flexibility index (Phi) is 7.33. The average Bonchev–Trinajstić information content (AvgIpc) is 2.90. The highest BCUT2D eigenvalue weighted by Gasteiger charge is 2.29. The van der Waals surface area contributed by atoms with Gasteiger partial charge in [0.1, 0.15) is 6.54 Å². The number of rotatable bonds is 7. The Labute approximate surface area is 155 Å². The Morgan fingerprint density at radius 2 is 2.08 bits per heavy atom. The van der Waals surface area contributed by atoms with Crippen LogP contribution in [0, 0.1) is 0 Å². The van der Waals surface area contributed by atoms with Crippen LogP contribution in [0.1, 0.15) is 12.5 Å². The van der Waals surface area contributed by atoms with Gasteiger partial charge >= 0.3 is 5.97 Å². The topological polar surface area (TPSA) is 75.7 Å². The van der Waals surface area contributed by atoms with Crippen LogP contribution in [-0.4, -0.2) is 48.1 Å². The van der Waals surface area contributed by atoms with E-state index in [1.54, 1.807) is 19.1 Å². The van der Waals surface area contributed by atoms with E-state index in [0.29, 0.717) is 23.0 Å². The first-order chi connectivity index (χ1) is 12.0. The van der Waals surface area contributed by atoms with E-state index in [-0.39, 0.29) is 30.7 Å². The number of thioether (sulfide) groups is 1. The van der Waals surface area contributed by atoms with Gasteiger partial charge in [-0.05, 0) is 31.0 Å². The van der Waals surface area contributed by atoms with Gasteiger partial charge in [0.15, 0.2) is 0 Å². The number of ether oxygens (including phenoxy) is 1. The second-order valence-corrected chi connectivity index (χ2v) is 6.66. The molecule has 1 aliphatic rings. The zero-order chi connectivity index (χ0) is 18.2. The Bertz CT molecular complexity index is 676. The molecule has 134 valence electrons. The molecule has 1 saturated heterocycles. The lowest BCUT2D eigenvalue weighted by Crippen LogP contribution is -2.38. The Morgan fingerprint density at radius 3 is 2.76 bits per heavy atom. The predicted octanol–water partition coefficient (Wildman–Crippen LogP) is 1.98. The third kappa shape index (κ3) is 6.10. The number of nitrogens with one attached hydrogen (secondary N) is 1. The van der Waals surface area contributed by atoms with Gasteiger partial charge in [-0.15, -0.1) is 0 Å². The van der Waals surface area contributed by atoms with Crippen molar-refractivity contribution in [1.82, 2.24) is 10.2 Å². The lowest BCUT2D eigenvalue weighted by Gasteiger charge is -2.16. The standard InChI is InChI=1S/C17H19ClN2O4S/c1-2-24-17(23)9-16-20(15(22)11-25-16)10-14(21)19-8-7-12-3-5-13(18)6-4-12/h3-6,9H,2,7-8,10-11H2,1H3,(H,19,21)/b16-9-. The van der Waals surface area contributed by atoms with Crippen molar-refractivity contribution in [3.8, 4) is 0 Å². The molecule has 1 aromatic rings. The fraction of sp³-hybridized carbons (Fsp3) is 0.353. The van der Waals surface area contributed by atoms with Gasteiger partial charge in [-0.3, -0.25) is 14.5 Å². The molecular weight excluding hydrogens is 364 g/mol. The summed E-state index contributed by atoms with van der Waals surface area (Å²) in [5.41, 5.74) is 1.06. The summed E-state index contributed by atoms with van der Waals surface area (Å²) in [6, 6.07) is 7.39. The predicted molar refractivity (Wildman–Crippen MR) is 97.1 cm³/mol. The highest BCUT2D eigenvalue weighted by molar-refractivity contribution is 8.04. The minimum atomic E-state index is -0.521. The first kappa shape index (κ1) is 19.3. The van der Waals surface area contributed by atoms with Crippen LogP contribution < -0.4 is 5.32 Å². The number of hydrogen-bond donors (Lipinski definition) is 1. The van der Waals surface area contributed by atoms with Gasteiger partial charge in [-0.2, -0.15) is 0 Å². The zero-order valence-corrected chi connectivity index (χ0v) is 15.4. The monoisotopic (exact) mass is 382 g/mol. The SMILES string of the molecule is CCOC(=O)/C=C1\SCC(=O)N1CC(=O)NCCc1ccc(Cl)cc1. The molecule has 6 nitrogen and oxygen atoms in total. The number of carbonyl (C=O) groups is 3. The number of amides is 2. The molecule has 1 heterocycles. The van der Waals surface area contributed by atoms with Crippen LogP contribution in [0.2, 0.25) is 5.02 Å². The summed E-state index contributed by atoms with van der Waals surface area (Å²) in [7, 11) is 0. The second-order valence-electron chi connectivity index (χ2n) is 5.23. The Hall–Kier alpha value is -1.99. The van der Waals surface area contributed by atoms with E-state index < -0.39 is 5.97 Å². The van der Waals surface area contributed by atoms with Gasteiger partial charge in [-0.1, -0.05) is 35.5 Å². The highest BCUT2D eigenvalue weighted by Crippen LogP contribution is 2.28. The van der Waals surface area contributed by atoms with E-state index in [1.165, 1.54) is 22.7 Å². The van der Waals surface area contributed by atoms with Crippen molar-refractivity contribution >= 4 is 41.1 Å². The summed E-state index contributed by atoms with van der Waals surface area (Å²) in [4.78, 5) is 36.8. The highest BCUT2D eigenvalue weighted by atomic mass is 35.5. The van der Waals surface area contributed by atoms with E-state index in [9.17, 15) is 14.4 Å². The number of benzene rings is 1. The molecule has 8 heteroatoms. The largest absolute Gasteiger partial charge is 0.463 e. The van der Waals surface area contributed by atoms with Crippen molar-refractivity contribution in [1.29, 1.82) is 0 Å². The Morgan fingerprint density at radius 1 is 1.36 bits per heavy atom. The number of halogens is 1. The van der Waals surface area contributed by atoms with Crippen LogP contribution in [0.25, 0.3) is 0 Å². The second kappa shape index (κ2) is 9.48. The number of carbonyl (C=O) groups excluding carboxylic acids is 3. The summed E-state index contributed by atoms with van der Waals surface area (Å²) < 4.78 is 4.84. The smallest absolute Gasteiger partial charge is 0.333 e. The van der Waals surface area contributed by atoms with Gasteiger partial charge in [-0.25, -0.2) is 4.79 Å². The molecule has 0 aromatic heterocycles. The number of hydrogen-bond acceptors (Lipinski definition) is 5. The molecule has 1 N–H and O–H groups in total. The van der Waals surface area contributed by atoms with Gasteiger partial charge in [0.2, 0.25) is 11.8 Å². The molecule has 2 amide bonds. The molecule has 1 aromatic carbocycles. The summed E-state index contributed by atoms with van der Waals surface area (Å²) in [5, 5.41) is 3.88. The first-order valence-electron chi connectivity index (χ1n) is 7.82. The molecule has 0 radical (unpaired) electrons. The molecule has 25 heavy (non-hydrogen) atoms. The summed E-state index contributed by atoms with van der Waals surface area (Å²) in [5.74, 6) is -0.788. The molecule has 0 unspecified atom stereocenters. The summed E-state index contributed by atoms with van der Waals surface area (Å²) >= 11 is 7.05. The van der Waals surface area contributed by atoms with Gasteiger partial charge in [0, 0.05) is 11.6 Å². The van der Waals surface area contributed by atoms with E-state index in [4.69, 9.17) is 16.3 Å². The number of esters is 1. The minimum Gasteiger partial charge on any atom is -0.463 e. The summed E-state index contributed by atoms with van der Waals surface area (Å²) in [6.07, 6.45) is 1.91. The Balaban J connectivity index is 1.84. The van der Waals surface area contributed by atoms with Crippen molar-refractivity contribution in [3.05, 3.63) is 46.0 Å². The normalized spacial score (nSPS) is 15.5. The molecule has 0 aliphatic carbocycles. The zero-order valence-electron chi connectivity index (χ0n) is 13.8. The molecule has 0 bridgehead atoms. The fourth-order valence-electron chi connectivity index (χ4n) is 2.18. The van der Waals surface area contributed by atoms with Crippen LogP contribution in [0.3, 0.4) is 0 Å². The van der Waals surface area contributed by atoms with Crippen LogP contribution in [0.15, 0.2) is 35.4 Å². The molecule has 1 aliphatic heterocycles. The van der Waals surface area contributed by atoms with Crippen molar-refractivity contribution in [2.24, 2.45) is 0 Å². The van der Waals surface area contributed by atoms with Crippen molar-refractivity contribution in [2.45, 2.75) is 13.3 Å². The van der Waals surface area contributed by atoms with Crippen molar-refractivity contribution < 1.29 is 19.1 Å². The van der Waals surface area contributed by atoms with Crippen molar-refractivity contribution in [2.75, 3.05) is 25.4 Å². The third-order valence-electron chi connectivity index (χ3n) is 3.39. The molecule has 2 rings (SSSR count). The van der Waals surface area contributed by atoms with E-state index in [2.05, 4.69) is 5.32 Å². The van der Waals surface area contributed by atoms with Gasteiger partial charge < -0.3 is 10.1 Å². The summed E-state index contributed by atoms with van der Waals surface area (Å²) in [6.45, 7) is 2.30. The lowest BCUT2D eigenvalue weighted by molar-refractivity contribution is -0.137. The quantitative estimate of drug-likeness (QED) is 0.576. The van der Waals surface area contributed by atoms with Crippen LogP contribution in [-0.2, 0) is 25.5 Å². The maximum atomic E-state index is 12.1. The minimum absolute atomic E-state index is 0.113. The third-order valence-corrected chi connectivity index (χ3v) is 4.67. The molecule has 1 fully saturated rings. The molecule has 0 saturated carbocycles. The number of nitrogens with zero attached hydrogens (tertiary/aromatic N) is 1.